The van der Waals surface area contributed by atoms with Gasteiger partial charge in [0.15, 0.2) is 0 Å². The Morgan fingerprint density at radius 3 is 2.77 bits per heavy atom. The van der Waals surface area contributed by atoms with Crippen molar-refractivity contribution in [3.63, 3.8) is 0 Å². The zero-order valence-electron chi connectivity index (χ0n) is 15.6. The summed E-state index contributed by atoms with van der Waals surface area (Å²) in [7, 11) is 0. The summed E-state index contributed by atoms with van der Waals surface area (Å²) >= 11 is 1.57. The van der Waals surface area contributed by atoms with Crippen LogP contribution in [0.25, 0.3) is 0 Å². The van der Waals surface area contributed by atoms with Gasteiger partial charge in [-0.05, 0) is 34.1 Å². The van der Waals surface area contributed by atoms with Crippen LogP contribution in [-0.4, -0.2) is 41.4 Å². The Morgan fingerprint density at radius 2 is 2.12 bits per heavy atom. The minimum atomic E-state index is -0.189. The number of amides is 1. The van der Waals surface area contributed by atoms with Crippen LogP contribution in [0, 0.1) is 27.7 Å². The van der Waals surface area contributed by atoms with Crippen LogP contribution in [0.3, 0.4) is 0 Å². The zero-order chi connectivity index (χ0) is 18.7. The van der Waals surface area contributed by atoms with Crippen LogP contribution >= 0.6 is 11.3 Å². The van der Waals surface area contributed by atoms with Gasteiger partial charge in [-0.3, -0.25) is 4.79 Å². The highest BCUT2D eigenvalue weighted by molar-refractivity contribution is 7.11. The molecule has 0 aliphatic carbocycles. The molecule has 7 nitrogen and oxygen atoms in total. The number of hydrogen-bond acceptors (Lipinski definition) is 7. The molecule has 0 bridgehead atoms. The van der Waals surface area contributed by atoms with E-state index in [9.17, 15) is 4.79 Å². The molecule has 1 amide bonds. The molecule has 2 atom stereocenters. The Labute approximate surface area is 157 Å². The van der Waals surface area contributed by atoms with Gasteiger partial charge in [0.05, 0.1) is 42.1 Å². The average Bonchev–Trinajstić information content (AvgIpc) is 3.08. The van der Waals surface area contributed by atoms with Crippen LogP contribution in [0.15, 0.2) is 4.52 Å². The number of nitrogens with zero attached hydrogens (tertiary/aromatic N) is 2. The molecule has 3 rings (SSSR count). The van der Waals surface area contributed by atoms with Gasteiger partial charge < -0.3 is 19.3 Å². The van der Waals surface area contributed by atoms with Gasteiger partial charge in [0.1, 0.15) is 11.9 Å². The molecule has 0 saturated carbocycles. The number of carbonyl (C=O) groups excluding carboxylic acids is 1. The van der Waals surface area contributed by atoms with E-state index in [1.54, 1.807) is 11.3 Å². The van der Waals surface area contributed by atoms with Gasteiger partial charge >= 0.3 is 0 Å². The Hall–Kier alpha value is -1.77. The third-order valence-electron chi connectivity index (χ3n) is 4.59. The summed E-state index contributed by atoms with van der Waals surface area (Å²) in [6.45, 7) is 9.14. The largest absolute Gasteiger partial charge is 0.379 e. The fraction of sp³-hybridized carbons (Fsp3) is 0.611. The highest BCUT2D eigenvalue weighted by Gasteiger charge is 2.29. The number of nitrogens with one attached hydrogen (secondary N) is 1. The van der Waals surface area contributed by atoms with E-state index in [0.29, 0.717) is 26.2 Å². The molecule has 142 valence electrons. The maximum atomic E-state index is 12.5. The van der Waals surface area contributed by atoms with Crippen molar-refractivity contribution in [2.75, 3.05) is 13.2 Å². The molecule has 1 N–H and O–H groups in total. The number of rotatable bonds is 6. The van der Waals surface area contributed by atoms with E-state index in [-0.39, 0.29) is 18.1 Å². The summed E-state index contributed by atoms with van der Waals surface area (Å²) < 4.78 is 16.7. The predicted molar refractivity (Wildman–Crippen MR) is 97.2 cm³/mol. The first-order valence-electron chi connectivity index (χ1n) is 8.77. The molecule has 1 fully saturated rings. The van der Waals surface area contributed by atoms with E-state index in [0.717, 1.165) is 39.0 Å². The topological polar surface area (TPSA) is 86.5 Å². The molecule has 1 aliphatic rings. The molecule has 2 aromatic heterocycles. The fourth-order valence-electron chi connectivity index (χ4n) is 3.08. The molecule has 0 unspecified atom stereocenters. The van der Waals surface area contributed by atoms with Crippen LogP contribution < -0.4 is 5.32 Å². The van der Waals surface area contributed by atoms with Crippen molar-refractivity contribution in [1.82, 2.24) is 15.5 Å². The highest BCUT2D eigenvalue weighted by atomic mass is 32.1. The monoisotopic (exact) mass is 379 g/mol. The molecule has 1 saturated heterocycles. The first kappa shape index (κ1) is 19.0. The minimum absolute atomic E-state index is 0.00501. The molecule has 0 spiro atoms. The average molecular weight is 379 g/mol. The number of carbonyl (C=O) groups is 1. The summed E-state index contributed by atoms with van der Waals surface area (Å²) in [5.41, 5.74) is 2.72. The third kappa shape index (κ3) is 4.49. The summed E-state index contributed by atoms with van der Waals surface area (Å²) in [6.07, 6.45) is 0.898. The predicted octanol–water partition coefficient (Wildman–Crippen LogP) is 2.40. The number of hydrogen-bond donors (Lipinski definition) is 1. The molecule has 8 heteroatoms. The Bertz CT molecular complexity index is 751. The van der Waals surface area contributed by atoms with Crippen LogP contribution in [0.2, 0.25) is 0 Å². The lowest BCUT2D eigenvalue weighted by Gasteiger charge is -2.32. The van der Waals surface area contributed by atoms with Crippen LogP contribution in [0.4, 0.5) is 0 Å². The van der Waals surface area contributed by atoms with Crippen molar-refractivity contribution >= 4 is 17.2 Å². The molecular weight excluding hydrogens is 354 g/mol. The quantitative estimate of drug-likeness (QED) is 0.829. The third-order valence-corrected chi connectivity index (χ3v) is 5.67. The van der Waals surface area contributed by atoms with Gasteiger partial charge in [0, 0.05) is 17.0 Å². The number of aromatic nitrogens is 2. The van der Waals surface area contributed by atoms with Gasteiger partial charge in [-0.25, -0.2) is 4.98 Å². The summed E-state index contributed by atoms with van der Waals surface area (Å²) in [6, 6.07) is -0.0638. The van der Waals surface area contributed by atoms with Crippen molar-refractivity contribution in [2.24, 2.45) is 0 Å². The van der Waals surface area contributed by atoms with E-state index in [1.807, 2.05) is 27.7 Å². The second kappa shape index (κ2) is 8.28. The van der Waals surface area contributed by atoms with Gasteiger partial charge in [-0.15, -0.1) is 11.3 Å². The van der Waals surface area contributed by atoms with Crippen molar-refractivity contribution in [1.29, 1.82) is 0 Å². The summed E-state index contributed by atoms with van der Waals surface area (Å²) in [5, 5.41) is 8.04. The molecule has 1 aliphatic heterocycles. The maximum absolute atomic E-state index is 12.5. The number of aryl methyl sites for hydroxylation is 4. The van der Waals surface area contributed by atoms with Crippen molar-refractivity contribution in [3.05, 3.63) is 32.6 Å². The zero-order valence-corrected chi connectivity index (χ0v) is 16.4. The van der Waals surface area contributed by atoms with Crippen molar-refractivity contribution in [3.8, 4) is 0 Å². The first-order chi connectivity index (χ1) is 12.4. The SMILES string of the molecule is Cc1nc(C)c(CC(=O)N[C@@H]2CCOC[C@H]2OCc2c(C)noc2C)s1. The Morgan fingerprint density at radius 1 is 1.31 bits per heavy atom. The van der Waals surface area contributed by atoms with E-state index >= 15 is 0 Å². The smallest absolute Gasteiger partial charge is 0.225 e. The molecular formula is C18H25N3O4S. The number of ether oxygens (including phenoxy) is 2. The summed E-state index contributed by atoms with van der Waals surface area (Å²) in [5.74, 6) is 0.755. The molecule has 0 aromatic carbocycles. The normalized spacial score (nSPS) is 20.3. The molecule has 0 radical (unpaired) electrons. The van der Waals surface area contributed by atoms with Gasteiger partial charge in [0.25, 0.3) is 0 Å². The second-order valence-electron chi connectivity index (χ2n) is 6.61. The van der Waals surface area contributed by atoms with Gasteiger partial charge in [-0.1, -0.05) is 5.16 Å². The minimum Gasteiger partial charge on any atom is -0.379 e. The van der Waals surface area contributed by atoms with Crippen molar-refractivity contribution in [2.45, 2.75) is 59.3 Å². The Balaban J connectivity index is 1.58. The highest BCUT2D eigenvalue weighted by Crippen LogP contribution is 2.20. The van der Waals surface area contributed by atoms with Crippen LogP contribution in [0.5, 0.6) is 0 Å². The maximum Gasteiger partial charge on any atom is 0.225 e. The molecule has 3 heterocycles. The van der Waals surface area contributed by atoms with E-state index in [4.69, 9.17) is 14.0 Å². The molecule has 2 aromatic rings. The van der Waals surface area contributed by atoms with Crippen LogP contribution in [0.1, 0.15) is 39.0 Å². The van der Waals surface area contributed by atoms with E-state index in [2.05, 4.69) is 15.5 Å². The van der Waals surface area contributed by atoms with Crippen LogP contribution in [-0.2, 0) is 27.3 Å². The number of thiazole rings is 1. The van der Waals surface area contributed by atoms with Gasteiger partial charge in [0.2, 0.25) is 5.91 Å². The lowest BCUT2D eigenvalue weighted by Crippen LogP contribution is -2.50. The summed E-state index contributed by atoms with van der Waals surface area (Å²) in [4.78, 5) is 17.9. The lowest BCUT2D eigenvalue weighted by molar-refractivity contribution is -0.126. The fourth-order valence-corrected chi connectivity index (χ4v) is 4.02. The first-order valence-corrected chi connectivity index (χ1v) is 9.59. The standard InChI is InChI=1S/C18H25N3O4S/c1-10-14(12(3)25-21-10)8-24-16-9-23-6-5-15(16)20-18(22)7-17-11(2)19-13(4)26-17/h15-16H,5-9H2,1-4H3,(H,20,22)/t15-,16-/m1/s1. The molecule has 26 heavy (non-hydrogen) atoms. The van der Waals surface area contributed by atoms with Crippen molar-refractivity contribution < 1.29 is 18.8 Å². The lowest BCUT2D eigenvalue weighted by atomic mass is 10.1. The second-order valence-corrected chi connectivity index (χ2v) is 7.90. The van der Waals surface area contributed by atoms with Gasteiger partial charge in [-0.2, -0.15) is 0 Å². The van der Waals surface area contributed by atoms with E-state index in [1.165, 1.54) is 0 Å². The van der Waals surface area contributed by atoms with E-state index < -0.39 is 0 Å². The Kier molecular flexibility index (Phi) is 6.05.